The van der Waals surface area contributed by atoms with E-state index < -0.39 is 5.97 Å². The van der Waals surface area contributed by atoms with E-state index in [9.17, 15) is 4.79 Å². The van der Waals surface area contributed by atoms with Gasteiger partial charge in [0.05, 0.1) is 18.0 Å². The van der Waals surface area contributed by atoms with Gasteiger partial charge in [0.15, 0.2) is 0 Å². The molecule has 0 saturated carbocycles. The Morgan fingerprint density at radius 1 is 1.26 bits per heavy atom. The molecular weight excluding hydrogens is 312 g/mol. The summed E-state index contributed by atoms with van der Waals surface area (Å²) in [6, 6.07) is 13.1. The van der Waals surface area contributed by atoms with Crippen LogP contribution in [-0.2, 0) is 11.3 Å². The number of thiophene rings is 1. The van der Waals surface area contributed by atoms with E-state index in [0.29, 0.717) is 23.1 Å². The van der Waals surface area contributed by atoms with Crippen LogP contribution in [0.3, 0.4) is 0 Å². The van der Waals surface area contributed by atoms with E-state index in [4.69, 9.17) is 9.47 Å². The molecule has 0 atom stereocenters. The van der Waals surface area contributed by atoms with Gasteiger partial charge in [0, 0.05) is 13.2 Å². The number of rotatable bonds is 5. The van der Waals surface area contributed by atoms with Crippen molar-refractivity contribution >= 4 is 17.3 Å². The molecular formula is C17H16N2O3S. The van der Waals surface area contributed by atoms with Gasteiger partial charge in [-0.1, -0.05) is 23.8 Å². The van der Waals surface area contributed by atoms with Gasteiger partial charge in [-0.3, -0.25) is 0 Å². The number of carbonyl (C=O) groups excluding carboxylic acids is 1. The second-order valence-corrected chi connectivity index (χ2v) is 5.97. The first-order chi connectivity index (χ1) is 11.2. The number of aryl methyl sites for hydroxylation is 1. The molecule has 2 aromatic heterocycles. The molecule has 0 amide bonds. The van der Waals surface area contributed by atoms with Crippen molar-refractivity contribution in [2.24, 2.45) is 0 Å². The summed E-state index contributed by atoms with van der Waals surface area (Å²) < 4.78 is 12.2. The Balaban J connectivity index is 1.94. The fourth-order valence-corrected chi connectivity index (χ4v) is 2.71. The lowest BCUT2D eigenvalue weighted by Crippen LogP contribution is -2.10. The molecule has 0 unspecified atom stereocenters. The van der Waals surface area contributed by atoms with E-state index in [1.54, 1.807) is 23.9 Å². The molecule has 0 saturated heterocycles. The second-order valence-electron chi connectivity index (χ2n) is 5.02. The molecule has 3 rings (SSSR count). The standard InChI is InChI=1S/C17H16N2O3S/c1-12-5-7-14(8-6-12)19-16(10-13(18-19)11-21-2)22-17(20)15-4-3-9-23-15/h3-10H,11H2,1-2H3. The van der Waals surface area contributed by atoms with E-state index in [1.807, 2.05) is 42.6 Å². The van der Waals surface area contributed by atoms with Crippen LogP contribution in [-0.4, -0.2) is 22.9 Å². The third kappa shape index (κ3) is 3.49. The lowest BCUT2D eigenvalue weighted by Gasteiger charge is -2.07. The molecule has 5 nitrogen and oxygen atoms in total. The summed E-state index contributed by atoms with van der Waals surface area (Å²) in [5.74, 6) is -0.0171. The lowest BCUT2D eigenvalue weighted by molar-refractivity contribution is 0.0728. The minimum Gasteiger partial charge on any atom is -0.403 e. The highest BCUT2D eigenvalue weighted by molar-refractivity contribution is 7.12. The van der Waals surface area contributed by atoms with Crippen LogP contribution in [0.4, 0.5) is 0 Å². The van der Waals surface area contributed by atoms with Crippen LogP contribution in [0.5, 0.6) is 5.88 Å². The lowest BCUT2D eigenvalue weighted by atomic mass is 10.2. The smallest absolute Gasteiger partial charge is 0.355 e. The summed E-state index contributed by atoms with van der Waals surface area (Å²) in [7, 11) is 1.60. The molecule has 0 aliphatic rings. The summed E-state index contributed by atoms with van der Waals surface area (Å²) in [4.78, 5) is 12.7. The number of carbonyl (C=O) groups is 1. The van der Waals surface area contributed by atoms with E-state index >= 15 is 0 Å². The predicted octanol–water partition coefficient (Wildman–Crippen LogP) is 3.61. The number of hydrogen-bond acceptors (Lipinski definition) is 5. The Kier molecular flexibility index (Phi) is 4.55. The zero-order chi connectivity index (χ0) is 16.2. The third-order valence-corrected chi connectivity index (χ3v) is 4.07. The molecule has 0 spiro atoms. The molecule has 0 aliphatic carbocycles. The number of methoxy groups -OCH3 is 1. The summed E-state index contributed by atoms with van der Waals surface area (Å²) >= 11 is 1.34. The highest BCUT2D eigenvalue weighted by Crippen LogP contribution is 2.22. The Bertz CT molecular complexity index is 792. The van der Waals surface area contributed by atoms with Gasteiger partial charge in [-0.2, -0.15) is 5.10 Å². The Morgan fingerprint density at radius 2 is 2.04 bits per heavy atom. The van der Waals surface area contributed by atoms with Crippen LogP contribution in [0, 0.1) is 6.92 Å². The number of aromatic nitrogens is 2. The van der Waals surface area contributed by atoms with Crippen LogP contribution in [0.15, 0.2) is 47.8 Å². The van der Waals surface area contributed by atoms with Crippen molar-refractivity contribution in [1.82, 2.24) is 9.78 Å². The van der Waals surface area contributed by atoms with Crippen molar-refractivity contribution in [2.75, 3.05) is 7.11 Å². The van der Waals surface area contributed by atoms with Crippen molar-refractivity contribution in [3.05, 3.63) is 64.0 Å². The van der Waals surface area contributed by atoms with Gasteiger partial charge < -0.3 is 9.47 Å². The molecule has 0 bridgehead atoms. The van der Waals surface area contributed by atoms with Crippen LogP contribution in [0.2, 0.25) is 0 Å². The average molecular weight is 328 g/mol. The Labute approximate surface area is 138 Å². The number of ether oxygens (including phenoxy) is 2. The van der Waals surface area contributed by atoms with Gasteiger partial charge in [0.2, 0.25) is 5.88 Å². The largest absolute Gasteiger partial charge is 0.403 e. The topological polar surface area (TPSA) is 53.4 Å². The minimum atomic E-state index is -0.391. The maximum absolute atomic E-state index is 12.2. The summed E-state index contributed by atoms with van der Waals surface area (Å²) in [6.07, 6.45) is 0. The molecule has 2 heterocycles. The number of benzene rings is 1. The SMILES string of the molecule is COCc1cc(OC(=O)c2cccs2)n(-c2ccc(C)cc2)n1. The van der Waals surface area contributed by atoms with Crippen LogP contribution < -0.4 is 4.74 Å². The summed E-state index contributed by atoms with van der Waals surface area (Å²) in [6.45, 7) is 2.36. The predicted molar refractivity (Wildman–Crippen MR) is 88.3 cm³/mol. The summed E-state index contributed by atoms with van der Waals surface area (Å²) in [5, 5.41) is 6.29. The Morgan fingerprint density at radius 3 is 2.70 bits per heavy atom. The van der Waals surface area contributed by atoms with Gasteiger partial charge in [-0.25, -0.2) is 9.48 Å². The number of hydrogen-bond donors (Lipinski definition) is 0. The maximum atomic E-state index is 12.2. The van der Waals surface area contributed by atoms with Crippen molar-refractivity contribution in [3.63, 3.8) is 0 Å². The molecule has 1 aromatic carbocycles. The normalized spacial score (nSPS) is 10.7. The van der Waals surface area contributed by atoms with Crippen molar-refractivity contribution < 1.29 is 14.3 Å². The number of nitrogens with zero attached hydrogens (tertiary/aromatic N) is 2. The van der Waals surface area contributed by atoms with Crippen LogP contribution >= 0.6 is 11.3 Å². The van der Waals surface area contributed by atoms with Crippen LogP contribution in [0.25, 0.3) is 5.69 Å². The molecule has 23 heavy (non-hydrogen) atoms. The van der Waals surface area contributed by atoms with E-state index in [2.05, 4.69) is 5.10 Å². The highest BCUT2D eigenvalue weighted by Gasteiger charge is 2.16. The fraction of sp³-hybridized carbons (Fsp3) is 0.176. The average Bonchev–Trinajstić information content (AvgIpc) is 3.19. The first-order valence-corrected chi connectivity index (χ1v) is 7.96. The molecule has 3 aromatic rings. The molecule has 118 valence electrons. The van der Waals surface area contributed by atoms with Gasteiger partial charge in [-0.05, 0) is 30.5 Å². The zero-order valence-corrected chi connectivity index (χ0v) is 13.7. The second kappa shape index (κ2) is 6.76. The molecule has 0 aliphatic heterocycles. The van der Waals surface area contributed by atoms with Crippen molar-refractivity contribution in [3.8, 4) is 11.6 Å². The molecule has 6 heteroatoms. The Hall–Kier alpha value is -2.44. The van der Waals surface area contributed by atoms with E-state index in [0.717, 1.165) is 11.3 Å². The quantitative estimate of drug-likeness (QED) is 0.671. The first-order valence-electron chi connectivity index (χ1n) is 7.08. The minimum absolute atomic E-state index is 0.350. The van der Waals surface area contributed by atoms with Gasteiger partial charge in [0.1, 0.15) is 4.88 Å². The maximum Gasteiger partial charge on any atom is 0.355 e. The number of esters is 1. The summed E-state index contributed by atoms with van der Waals surface area (Å²) in [5.41, 5.74) is 2.67. The van der Waals surface area contributed by atoms with Gasteiger partial charge >= 0.3 is 5.97 Å². The van der Waals surface area contributed by atoms with Gasteiger partial charge in [0.25, 0.3) is 0 Å². The van der Waals surface area contributed by atoms with Crippen molar-refractivity contribution in [2.45, 2.75) is 13.5 Å². The highest BCUT2D eigenvalue weighted by atomic mass is 32.1. The third-order valence-electron chi connectivity index (χ3n) is 3.22. The van der Waals surface area contributed by atoms with Gasteiger partial charge in [-0.15, -0.1) is 11.3 Å². The molecule has 0 radical (unpaired) electrons. The monoisotopic (exact) mass is 328 g/mol. The molecule has 0 fully saturated rings. The van der Waals surface area contributed by atoms with Crippen molar-refractivity contribution in [1.29, 1.82) is 0 Å². The molecule has 0 N–H and O–H groups in total. The van der Waals surface area contributed by atoms with Crippen LogP contribution in [0.1, 0.15) is 20.9 Å². The first kappa shape index (κ1) is 15.5. The fourth-order valence-electron chi connectivity index (χ4n) is 2.11. The van der Waals surface area contributed by atoms with E-state index in [-0.39, 0.29) is 0 Å². The van der Waals surface area contributed by atoms with E-state index in [1.165, 1.54) is 11.3 Å². The zero-order valence-electron chi connectivity index (χ0n) is 12.9.